The van der Waals surface area contributed by atoms with Crippen molar-refractivity contribution in [2.24, 2.45) is 5.41 Å². The molecule has 7 aliphatic rings. The van der Waals surface area contributed by atoms with Crippen LogP contribution in [0.5, 0.6) is 11.8 Å². The topological polar surface area (TPSA) is 131 Å². The van der Waals surface area contributed by atoms with Gasteiger partial charge in [0, 0.05) is 37.6 Å². The lowest BCUT2D eigenvalue weighted by Gasteiger charge is -2.54. The van der Waals surface area contributed by atoms with Crippen molar-refractivity contribution in [2.75, 3.05) is 37.7 Å². The van der Waals surface area contributed by atoms with Crippen molar-refractivity contribution in [3.63, 3.8) is 0 Å². The minimum absolute atomic E-state index is 0.00152. The molecule has 0 unspecified atom stereocenters. The van der Waals surface area contributed by atoms with Gasteiger partial charge >= 0.3 is 6.01 Å². The van der Waals surface area contributed by atoms with E-state index in [0.717, 1.165) is 32.2 Å². The molecule has 49 heavy (non-hydrogen) atoms. The van der Waals surface area contributed by atoms with E-state index >= 15 is 8.78 Å². The van der Waals surface area contributed by atoms with E-state index in [-0.39, 0.29) is 76.8 Å². The first-order valence-electron chi connectivity index (χ1n) is 16.7. The first-order valence-corrected chi connectivity index (χ1v) is 17.0. The summed E-state index contributed by atoms with van der Waals surface area (Å²) in [5.41, 5.74) is -1.91. The molecule has 3 saturated heterocycles. The summed E-state index contributed by atoms with van der Waals surface area (Å²) in [7, 11) is 0. The van der Waals surface area contributed by atoms with Gasteiger partial charge in [-0.1, -0.05) is 11.6 Å². The Balaban J connectivity index is 1.16. The molecule has 12 rings (SSSR count). The molecule has 4 aromatic heterocycles. The van der Waals surface area contributed by atoms with Gasteiger partial charge in [-0.3, -0.25) is 15.0 Å². The molecule has 1 spiro atoms. The van der Waals surface area contributed by atoms with E-state index in [1.54, 1.807) is 12.3 Å². The maximum absolute atomic E-state index is 17.1. The molecule has 254 valence electrons. The highest BCUT2D eigenvalue weighted by Crippen LogP contribution is 2.60. The van der Waals surface area contributed by atoms with Gasteiger partial charge in [0.15, 0.2) is 18.1 Å². The third-order valence-corrected chi connectivity index (χ3v) is 11.5. The number of fused-ring (bicyclic) bond motifs is 2. The third-order valence-electron chi connectivity index (χ3n) is 11.2. The number of aromatic nitrogens is 7. The number of benzene rings is 1. The Labute approximate surface area is 282 Å². The smallest absolute Gasteiger partial charge is 0.319 e. The zero-order chi connectivity index (χ0) is 33.1. The minimum Gasteiger partial charge on any atom is -0.481 e. The molecule has 2 atom stereocenters. The van der Waals surface area contributed by atoms with Crippen molar-refractivity contribution in [1.29, 1.82) is 0 Å². The highest BCUT2D eigenvalue weighted by atomic mass is 35.5. The number of hydrogen-bond donors (Lipinski definition) is 1. The zero-order valence-corrected chi connectivity index (χ0v) is 27.1. The number of aromatic amines is 1. The number of nitrogens with zero attached hydrogens (tertiary/aromatic N) is 8. The summed E-state index contributed by atoms with van der Waals surface area (Å²) in [6.45, 7) is 2.22. The zero-order valence-electron chi connectivity index (χ0n) is 26.3. The molecule has 1 N–H and O–H groups in total. The van der Waals surface area contributed by atoms with E-state index in [9.17, 15) is 4.39 Å². The molecule has 5 aromatic rings. The van der Waals surface area contributed by atoms with Crippen LogP contribution in [0.25, 0.3) is 33.1 Å². The monoisotopic (exact) mass is 693 g/mol. The minimum atomic E-state index is -1.78. The van der Waals surface area contributed by atoms with Crippen LogP contribution in [0.3, 0.4) is 0 Å². The lowest BCUT2D eigenvalue weighted by Crippen LogP contribution is -2.56. The van der Waals surface area contributed by atoms with Gasteiger partial charge in [0.05, 0.1) is 33.2 Å². The molecule has 12 nitrogen and oxygen atoms in total. The van der Waals surface area contributed by atoms with Gasteiger partial charge in [-0.05, 0) is 56.6 Å². The Morgan fingerprint density at radius 3 is 2.88 bits per heavy atom. The predicted molar refractivity (Wildman–Crippen MR) is 170 cm³/mol. The molecule has 16 heteroatoms. The predicted octanol–water partition coefficient (Wildman–Crippen LogP) is 5.84. The van der Waals surface area contributed by atoms with Crippen molar-refractivity contribution in [3.05, 3.63) is 41.1 Å². The van der Waals surface area contributed by atoms with Gasteiger partial charge in [-0.2, -0.15) is 15.1 Å². The van der Waals surface area contributed by atoms with E-state index in [2.05, 4.69) is 35.3 Å². The van der Waals surface area contributed by atoms with Crippen molar-refractivity contribution in [1.82, 2.24) is 40.2 Å². The molecular weight excluding hydrogens is 663 g/mol. The van der Waals surface area contributed by atoms with E-state index in [4.69, 9.17) is 30.5 Å². The van der Waals surface area contributed by atoms with Crippen LogP contribution in [0.15, 0.2) is 22.9 Å². The highest BCUT2D eigenvalue weighted by molar-refractivity contribution is 6.33. The number of pyridine rings is 1. The SMILES string of the molecule is Fc1c2ncc3c(nc(OC[C@@]45CCCN4C[C@H](F)C5)nc13)N1CCCC3(C1)CC(F)(C3)c1nnc(o1)COc1c(Cl)cc3[nH]ncc3c1-2. The van der Waals surface area contributed by atoms with Crippen LogP contribution in [-0.2, 0) is 12.3 Å². The van der Waals surface area contributed by atoms with Crippen molar-refractivity contribution < 1.29 is 27.1 Å². The fourth-order valence-electron chi connectivity index (χ4n) is 9.16. The quantitative estimate of drug-likeness (QED) is 0.245. The first kappa shape index (κ1) is 29.7. The Hall–Kier alpha value is -4.24. The highest BCUT2D eigenvalue weighted by Gasteiger charge is 2.60. The van der Waals surface area contributed by atoms with Gasteiger partial charge in [0.25, 0.3) is 11.8 Å². The molecule has 6 aliphatic heterocycles. The average molecular weight is 694 g/mol. The Morgan fingerprint density at radius 2 is 1.98 bits per heavy atom. The summed E-state index contributed by atoms with van der Waals surface area (Å²) in [5.74, 6) is -0.201. The van der Waals surface area contributed by atoms with Crippen LogP contribution < -0.4 is 14.4 Å². The molecule has 1 saturated carbocycles. The molecule has 0 radical (unpaired) electrons. The van der Waals surface area contributed by atoms with Crippen molar-refractivity contribution in [2.45, 2.75) is 68.9 Å². The van der Waals surface area contributed by atoms with Gasteiger partial charge < -0.3 is 18.8 Å². The van der Waals surface area contributed by atoms with Crippen LogP contribution in [0, 0.1) is 11.2 Å². The molecule has 0 amide bonds. The number of alkyl halides is 2. The number of hydrogen-bond acceptors (Lipinski definition) is 11. The number of halogens is 4. The molecule has 1 aliphatic carbocycles. The number of H-pyrrole nitrogens is 1. The standard InChI is InChI=1S/C33H31ClF3N9O3/c34-20-7-21-18(10-39-42-21)23-26-24(36)25-19(9-38-26)28(41-30(40-25)48-16-32-4-2-6-46(32)11-17(35)8-32)45-5-1-3-31(15-45)13-33(37,14-31)29-44-43-22(49-29)12-47-27(20)23/h7,9-10,17H,1-6,8,11-16H2,(H,39,42)/t17-,31?,32+,33?/m1/s1. The van der Waals surface area contributed by atoms with E-state index < -0.39 is 23.2 Å². The number of ether oxygens (including phenoxy) is 2. The summed E-state index contributed by atoms with van der Waals surface area (Å²) < 4.78 is 66.2. The summed E-state index contributed by atoms with van der Waals surface area (Å²) in [6.07, 6.45) is 6.24. The second kappa shape index (κ2) is 10.4. The van der Waals surface area contributed by atoms with Crippen molar-refractivity contribution in [3.8, 4) is 23.0 Å². The summed E-state index contributed by atoms with van der Waals surface area (Å²) in [4.78, 5) is 18.3. The molecule has 4 fully saturated rings. The maximum Gasteiger partial charge on any atom is 0.319 e. The van der Waals surface area contributed by atoms with Crippen molar-refractivity contribution >= 4 is 39.2 Å². The molecule has 1 aromatic carbocycles. The summed E-state index contributed by atoms with van der Waals surface area (Å²) in [5, 5.41) is 16.2. The largest absolute Gasteiger partial charge is 0.481 e. The molecular formula is C33H31ClF3N9O3. The molecule has 10 heterocycles. The van der Waals surface area contributed by atoms with Gasteiger partial charge in [-0.25, -0.2) is 13.2 Å². The Morgan fingerprint density at radius 1 is 1.10 bits per heavy atom. The second-order valence-corrected chi connectivity index (χ2v) is 14.8. The first-order chi connectivity index (χ1) is 23.7. The van der Waals surface area contributed by atoms with Gasteiger partial charge in [-0.15, -0.1) is 10.2 Å². The number of anilines is 1. The average Bonchev–Trinajstić information content (AvgIpc) is 3.86. The summed E-state index contributed by atoms with van der Waals surface area (Å²) >= 11 is 6.72. The lowest BCUT2D eigenvalue weighted by molar-refractivity contribution is -0.0965. The van der Waals surface area contributed by atoms with Crippen LogP contribution in [0.2, 0.25) is 5.02 Å². The fourth-order valence-corrected chi connectivity index (χ4v) is 9.42. The number of rotatable bonds is 3. The number of piperidine rings is 1. The maximum atomic E-state index is 17.1. The fraction of sp³-hybridized carbons (Fsp3) is 0.515. The van der Waals surface area contributed by atoms with Crippen LogP contribution in [0.1, 0.15) is 56.7 Å². The van der Waals surface area contributed by atoms with Crippen LogP contribution >= 0.6 is 11.6 Å². The Kier molecular flexibility index (Phi) is 6.29. The number of nitrogens with one attached hydrogen (secondary N) is 1. The normalized spacial score (nSPS) is 29.2. The second-order valence-electron chi connectivity index (χ2n) is 14.4. The van der Waals surface area contributed by atoms with E-state index in [0.29, 0.717) is 48.2 Å². The van der Waals surface area contributed by atoms with Crippen LogP contribution in [-0.4, -0.2) is 84.7 Å². The van der Waals surface area contributed by atoms with Gasteiger partial charge in [0.1, 0.15) is 35.6 Å². The van der Waals surface area contributed by atoms with Crippen LogP contribution in [0.4, 0.5) is 19.0 Å². The Bertz CT molecular complexity index is 2160. The molecule has 9 bridgehead atoms. The van der Waals surface area contributed by atoms with Gasteiger partial charge in [0.2, 0.25) is 0 Å². The third kappa shape index (κ3) is 4.46. The lowest BCUT2D eigenvalue weighted by atomic mass is 9.56. The van der Waals surface area contributed by atoms with E-state index in [1.807, 2.05) is 4.90 Å². The van der Waals surface area contributed by atoms with E-state index in [1.165, 1.54) is 6.20 Å². The summed E-state index contributed by atoms with van der Waals surface area (Å²) in [6, 6.07) is 1.60.